The summed E-state index contributed by atoms with van der Waals surface area (Å²) in [4.78, 5) is 18.8. The first-order valence-electron chi connectivity index (χ1n) is 15.5. The molecule has 4 aliphatic rings. The molecule has 3 aliphatic heterocycles. The molecule has 0 amide bonds. The maximum absolute atomic E-state index is 16.8. The molecular weight excluding hydrogens is 568 g/mol. The summed E-state index contributed by atoms with van der Waals surface area (Å²) in [7, 11) is 0. The van der Waals surface area contributed by atoms with E-state index in [0.717, 1.165) is 48.8 Å². The zero-order valence-corrected chi connectivity index (χ0v) is 25.4. The molecule has 0 N–H and O–H groups in total. The Balaban J connectivity index is 1.26. The smallest absolute Gasteiger partial charge is 0.319 e. The van der Waals surface area contributed by atoms with E-state index in [1.807, 2.05) is 37.3 Å². The Labute approximate surface area is 255 Å². The number of benzene rings is 2. The summed E-state index contributed by atoms with van der Waals surface area (Å²) in [5, 5.41) is 2.80. The van der Waals surface area contributed by atoms with Crippen molar-refractivity contribution < 1.29 is 13.5 Å². The molecule has 2 aromatic heterocycles. The van der Waals surface area contributed by atoms with Crippen molar-refractivity contribution in [1.29, 1.82) is 0 Å². The SMILES string of the molecule is Cc1cc(-c2ncc3c(N4C[C@H]5CC[C@@](C)(C5)C4)nc(OC[C@@]45CCCN4C[C@H](F)C5)nc3c2F)c2c(Cl)cccc2c1. The molecule has 9 heteroatoms. The Kier molecular flexibility index (Phi) is 6.36. The number of anilines is 1. The van der Waals surface area contributed by atoms with E-state index in [0.29, 0.717) is 40.7 Å². The van der Waals surface area contributed by atoms with Gasteiger partial charge in [0.2, 0.25) is 0 Å². The molecule has 2 aromatic carbocycles. The number of ether oxygens (including phenoxy) is 1. The van der Waals surface area contributed by atoms with Gasteiger partial charge >= 0.3 is 6.01 Å². The van der Waals surface area contributed by atoms with E-state index >= 15 is 4.39 Å². The molecule has 3 saturated heterocycles. The molecule has 8 rings (SSSR count). The Morgan fingerprint density at radius 3 is 2.88 bits per heavy atom. The average Bonchev–Trinajstić information content (AvgIpc) is 3.59. The van der Waals surface area contributed by atoms with Gasteiger partial charge in [0.05, 0.1) is 10.9 Å². The van der Waals surface area contributed by atoms with E-state index < -0.39 is 12.0 Å². The van der Waals surface area contributed by atoms with Gasteiger partial charge in [0.15, 0.2) is 5.82 Å². The van der Waals surface area contributed by atoms with Crippen molar-refractivity contribution in [1.82, 2.24) is 19.9 Å². The largest absolute Gasteiger partial charge is 0.461 e. The van der Waals surface area contributed by atoms with E-state index in [-0.39, 0.29) is 34.8 Å². The summed E-state index contributed by atoms with van der Waals surface area (Å²) in [6.45, 7) is 7.63. The maximum Gasteiger partial charge on any atom is 0.319 e. The number of piperidine rings is 1. The van der Waals surface area contributed by atoms with Crippen LogP contribution in [-0.2, 0) is 0 Å². The Morgan fingerprint density at radius 2 is 2.02 bits per heavy atom. The van der Waals surface area contributed by atoms with Crippen molar-refractivity contribution in [3.05, 3.63) is 52.9 Å². The van der Waals surface area contributed by atoms with Gasteiger partial charge in [-0.05, 0) is 80.0 Å². The molecule has 4 fully saturated rings. The van der Waals surface area contributed by atoms with E-state index in [1.54, 1.807) is 6.20 Å². The van der Waals surface area contributed by atoms with Crippen molar-refractivity contribution >= 4 is 39.1 Å². The van der Waals surface area contributed by atoms with Crippen LogP contribution in [0.1, 0.15) is 51.0 Å². The van der Waals surface area contributed by atoms with Gasteiger partial charge in [-0.2, -0.15) is 9.97 Å². The number of aromatic nitrogens is 3. The third-order valence-electron chi connectivity index (χ3n) is 10.5. The zero-order chi connectivity index (χ0) is 29.5. The molecule has 224 valence electrons. The molecule has 4 atom stereocenters. The third-order valence-corrected chi connectivity index (χ3v) is 10.8. The Hall–Kier alpha value is -3.10. The first-order chi connectivity index (χ1) is 20.7. The van der Waals surface area contributed by atoms with E-state index in [9.17, 15) is 4.39 Å². The number of nitrogens with zero attached hydrogens (tertiary/aromatic N) is 5. The minimum Gasteiger partial charge on any atom is -0.461 e. The van der Waals surface area contributed by atoms with Gasteiger partial charge in [0.25, 0.3) is 0 Å². The van der Waals surface area contributed by atoms with Gasteiger partial charge in [-0.15, -0.1) is 0 Å². The van der Waals surface area contributed by atoms with Crippen LogP contribution in [0.3, 0.4) is 0 Å². The number of hydrogen-bond donors (Lipinski definition) is 0. The fraction of sp³-hybridized carbons (Fsp3) is 0.500. The highest BCUT2D eigenvalue weighted by molar-refractivity contribution is 6.36. The van der Waals surface area contributed by atoms with Crippen molar-refractivity contribution in [2.24, 2.45) is 11.3 Å². The molecule has 0 radical (unpaired) electrons. The molecular formula is C34H36ClF2N5O. The molecule has 6 nitrogen and oxygen atoms in total. The Bertz CT molecular complexity index is 1770. The summed E-state index contributed by atoms with van der Waals surface area (Å²) < 4.78 is 37.6. The van der Waals surface area contributed by atoms with Crippen molar-refractivity contribution in [3.8, 4) is 17.3 Å². The predicted molar refractivity (Wildman–Crippen MR) is 166 cm³/mol. The van der Waals surface area contributed by atoms with Gasteiger partial charge in [-0.1, -0.05) is 36.7 Å². The Morgan fingerprint density at radius 1 is 1.14 bits per heavy atom. The number of fused-ring (bicyclic) bond motifs is 5. The average molecular weight is 604 g/mol. The van der Waals surface area contributed by atoms with Crippen LogP contribution in [-0.4, -0.2) is 64.3 Å². The van der Waals surface area contributed by atoms with Crippen LogP contribution >= 0.6 is 11.6 Å². The van der Waals surface area contributed by atoms with E-state index in [4.69, 9.17) is 26.3 Å². The molecule has 4 aromatic rings. The number of pyridine rings is 1. The minimum atomic E-state index is -0.858. The first-order valence-corrected chi connectivity index (χ1v) is 15.9. The maximum atomic E-state index is 16.8. The highest BCUT2D eigenvalue weighted by Gasteiger charge is 2.49. The zero-order valence-electron chi connectivity index (χ0n) is 24.7. The number of rotatable bonds is 5. The second-order valence-electron chi connectivity index (χ2n) is 13.8. The van der Waals surface area contributed by atoms with Gasteiger partial charge in [0.1, 0.15) is 29.8 Å². The van der Waals surface area contributed by atoms with Crippen molar-refractivity contribution in [3.63, 3.8) is 0 Å². The fourth-order valence-electron chi connectivity index (χ4n) is 8.63. The van der Waals surface area contributed by atoms with Crippen LogP contribution in [0.2, 0.25) is 5.02 Å². The monoisotopic (exact) mass is 603 g/mol. The lowest BCUT2D eigenvalue weighted by molar-refractivity contribution is 0.107. The summed E-state index contributed by atoms with van der Waals surface area (Å²) in [5.74, 6) is 0.727. The molecule has 1 saturated carbocycles. The molecule has 43 heavy (non-hydrogen) atoms. The second kappa shape index (κ2) is 9.96. The van der Waals surface area contributed by atoms with Crippen LogP contribution in [0.15, 0.2) is 36.5 Å². The lowest BCUT2D eigenvalue weighted by Gasteiger charge is -2.39. The first kappa shape index (κ1) is 27.4. The lowest BCUT2D eigenvalue weighted by Crippen LogP contribution is -2.44. The van der Waals surface area contributed by atoms with Gasteiger partial charge < -0.3 is 9.64 Å². The van der Waals surface area contributed by atoms with Crippen LogP contribution in [0.25, 0.3) is 32.9 Å². The molecule has 0 unspecified atom stereocenters. The number of alkyl halides is 1. The van der Waals surface area contributed by atoms with E-state index in [2.05, 4.69) is 21.7 Å². The fourth-order valence-corrected chi connectivity index (χ4v) is 8.92. The second-order valence-corrected chi connectivity index (χ2v) is 14.2. The molecule has 0 spiro atoms. The quantitative estimate of drug-likeness (QED) is 0.235. The van der Waals surface area contributed by atoms with Crippen molar-refractivity contribution in [2.75, 3.05) is 37.7 Å². The molecule has 1 aliphatic carbocycles. The van der Waals surface area contributed by atoms with Crippen LogP contribution < -0.4 is 9.64 Å². The van der Waals surface area contributed by atoms with Gasteiger partial charge in [-0.3, -0.25) is 9.88 Å². The molecule has 2 bridgehead atoms. The number of hydrogen-bond acceptors (Lipinski definition) is 6. The number of aryl methyl sites for hydroxylation is 1. The summed E-state index contributed by atoms with van der Waals surface area (Å²) in [6.07, 6.45) is 6.78. The van der Waals surface area contributed by atoms with Crippen LogP contribution in [0.4, 0.5) is 14.6 Å². The summed E-state index contributed by atoms with van der Waals surface area (Å²) >= 11 is 6.66. The van der Waals surface area contributed by atoms with E-state index in [1.165, 1.54) is 19.3 Å². The highest BCUT2D eigenvalue weighted by atomic mass is 35.5. The summed E-state index contributed by atoms with van der Waals surface area (Å²) in [6, 6.07) is 9.79. The van der Waals surface area contributed by atoms with Gasteiger partial charge in [-0.25, -0.2) is 8.78 Å². The minimum absolute atomic E-state index is 0.136. The van der Waals surface area contributed by atoms with Crippen LogP contribution in [0, 0.1) is 24.1 Å². The van der Waals surface area contributed by atoms with Crippen LogP contribution in [0.5, 0.6) is 6.01 Å². The number of halogens is 3. The van der Waals surface area contributed by atoms with Crippen molar-refractivity contribution in [2.45, 2.75) is 64.1 Å². The topological polar surface area (TPSA) is 54.4 Å². The lowest BCUT2D eigenvalue weighted by atomic mass is 9.84. The van der Waals surface area contributed by atoms with Gasteiger partial charge in [0, 0.05) is 48.2 Å². The third kappa shape index (κ3) is 4.55. The predicted octanol–water partition coefficient (Wildman–Crippen LogP) is 7.53. The normalized spacial score (nSPS) is 28.7. The standard InChI is InChI=1S/C34H36ClF2N5O/c1-20-11-22-5-3-6-26(35)27(22)24(12-20)29-28(37)30-25(15-38-29)31(41-16-21-7-9-33(2,13-21)18-41)40-32(39-30)43-19-34-8-4-10-42(34)17-23(36)14-34/h3,5-6,11-12,15,21,23H,4,7-10,13-14,16-19H2,1-2H3/t21-,23+,33-,34-/m0/s1. The summed E-state index contributed by atoms with van der Waals surface area (Å²) in [5.41, 5.74) is 1.85. The highest BCUT2D eigenvalue weighted by Crippen LogP contribution is 2.48. The molecule has 5 heterocycles.